The number of carbonyl (C=O) groups excluding carboxylic acids is 1. The maximum absolute atomic E-state index is 13.2. The molecule has 7 nitrogen and oxygen atoms in total. The van der Waals surface area contributed by atoms with Gasteiger partial charge in [0, 0.05) is 13.6 Å². The average Bonchev–Trinajstić information content (AvgIpc) is 3.14. The first-order valence-electron chi connectivity index (χ1n) is 9.51. The number of thiophene rings is 1. The molecule has 1 aromatic heterocycles. The minimum absolute atomic E-state index is 0.0300. The highest BCUT2D eigenvalue weighted by Gasteiger charge is 2.30. The second-order valence-corrected chi connectivity index (χ2v) is 10.7. The van der Waals surface area contributed by atoms with Crippen LogP contribution < -0.4 is 15.4 Å². The summed E-state index contributed by atoms with van der Waals surface area (Å²) in [6.07, 6.45) is 0. The molecular formula is C21H19Cl2N3O4S2. The summed E-state index contributed by atoms with van der Waals surface area (Å²) in [6.45, 7) is 0.734. The molecule has 2 N–H and O–H groups in total. The second kappa shape index (κ2) is 8.92. The molecule has 0 saturated carbocycles. The smallest absolute Gasteiger partial charge is 0.270 e. The summed E-state index contributed by atoms with van der Waals surface area (Å²) < 4.78 is 32.7. The van der Waals surface area contributed by atoms with Gasteiger partial charge in [-0.25, -0.2) is 8.42 Å². The Morgan fingerprint density at radius 3 is 2.72 bits per heavy atom. The number of para-hydroxylation sites is 2. The van der Waals surface area contributed by atoms with Crippen molar-refractivity contribution in [2.45, 2.75) is 11.4 Å². The van der Waals surface area contributed by atoms with E-state index >= 15 is 0 Å². The van der Waals surface area contributed by atoms with E-state index in [2.05, 4.69) is 0 Å². The maximum atomic E-state index is 13.2. The first-order chi connectivity index (χ1) is 15.2. The largest absolute Gasteiger partial charge is 0.490 e. The number of benzene rings is 2. The van der Waals surface area contributed by atoms with Crippen LogP contribution in [0.3, 0.4) is 0 Å². The van der Waals surface area contributed by atoms with E-state index in [9.17, 15) is 13.2 Å². The van der Waals surface area contributed by atoms with E-state index in [0.29, 0.717) is 35.0 Å². The average molecular weight is 512 g/mol. The van der Waals surface area contributed by atoms with Crippen LogP contribution in [0.5, 0.6) is 5.75 Å². The Bertz CT molecular complexity index is 1290. The molecule has 3 aromatic rings. The zero-order valence-corrected chi connectivity index (χ0v) is 20.1. The van der Waals surface area contributed by atoms with Gasteiger partial charge in [-0.05, 0) is 35.2 Å². The number of carbonyl (C=O) groups is 1. The van der Waals surface area contributed by atoms with Gasteiger partial charge < -0.3 is 15.4 Å². The van der Waals surface area contributed by atoms with Gasteiger partial charge in [-0.15, -0.1) is 11.3 Å². The molecule has 0 radical (unpaired) electrons. The fourth-order valence-electron chi connectivity index (χ4n) is 3.35. The quantitative estimate of drug-likeness (QED) is 0.509. The number of fused-ring (bicyclic) bond motifs is 1. The number of sulfonamides is 1. The van der Waals surface area contributed by atoms with Crippen LogP contribution in [0.25, 0.3) is 0 Å². The van der Waals surface area contributed by atoms with Gasteiger partial charge in [0.2, 0.25) is 10.0 Å². The van der Waals surface area contributed by atoms with Crippen LogP contribution in [0.2, 0.25) is 10.0 Å². The summed E-state index contributed by atoms with van der Waals surface area (Å²) in [5.74, 6) is 0.372. The number of nitrogen functional groups attached to an aromatic ring is 1. The first kappa shape index (κ1) is 22.9. The maximum Gasteiger partial charge on any atom is 0.270 e. The van der Waals surface area contributed by atoms with E-state index < -0.39 is 10.0 Å². The number of ether oxygens (including phenoxy) is 1. The summed E-state index contributed by atoms with van der Waals surface area (Å²) >= 11 is 13.8. The molecule has 11 heteroatoms. The monoisotopic (exact) mass is 511 g/mol. The minimum atomic E-state index is -3.92. The number of hydrogen-bond acceptors (Lipinski definition) is 6. The van der Waals surface area contributed by atoms with Gasteiger partial charge in [-0.1, -0.05) is 41.4 Å². The number of hydrogen-bond donors (Lipinski definition) is 1. The molecule has 168 valence electrons. The van der Waals surface area contributed by atoms with Crippen molar-refractivity contribution in [3.8, 4) is 5.75 Å². The van der Waals surface area contributed by atoms with Crippen molar-refractivity contribution in [3.05, 3.63) is 68.3 Å². The van der Waals surface area contributed by atoms with E-state index in [1.807, 2.05) is 18.2 Å². The van der Waals surface area contributed by atoms with Crippen LogP contribution in [0.1, 0.15) is 15.2 Å². The second-order valence-electron chi connectivity index (χ2n) is 7.10. The molecule has 32 heavy (non-hydrogen) atoms. The molecule has 0 fully saturated rings. The predicted molar refractivity (Wildman–Crippen MR) is 127 cm³/mol. The van der Waals surface area contributed by atoms with Crippen LogP contribution in [-0.4, -0.2) is 38.8 Å². The standard InChI is InChI=1S/C21H19Cl2N3O4S2/c1-25(32(28,29)17-8-4-5-14(24)19(17)23)11-13-12-31-20(18(13)22)21(27)26-9-10-30-16-7-3-2-6-15(16)26/h2-8,12H,9-11,24H2,1H3. The summed E-state index contributed by atoms with van der Waals surface area (Å²) in [7, 11) is -2.50. The molecule has 0 unspecified atom stereocenters. The molecule has 4 rings (SSSR count). The third-order valence-electron chi connectivity index (χ3n) is 5.04. The van der Waals surface area contributed by atoms with E-state index in [1.165, 1.54) is 36.6 Å². The lowest BCUT2D eigenvalue weighted by molar-refractivity contribution is 0.0980. The SMILES string of the molecule is CN(Cc1csc(C(=O)N2CCOc3ccccc32)c1Cl)S(=O)(=O)c1cccc(N)c1Cl. The number of halogens is 2. The van der Waals surface area contributed by atoms with Gasteiger partial charge in [0.25, 0.3) is 5.91 Å². The third-order valence-corrected chi connectivity index (χ3v) is 8.98. The van der Waals surface area contributed by atoms with E-state index in [-0.39, 0.29) is 33.1 Å². The van der Waals surface area contributed by atoms with Gasteiger partial charge in [0.1, 0.15) is 22.1 Å². The van der Waals surface area contributed by atoms with Crippen molar-refractivity contribution in [2.75, 3.05) is 30.8 Å². The molecular weight excluding hydrogens is 493 g/mol. The van der Waals surface area contributed by atoms with Crippen molar-refractivity contribution in [3.63, 3.8) is 0 Å². The molecule has 0 bridgehead atoms. The van der Waals surface area contributed by atoms with Gasteiger partial charge in [-0.2, -0.15) is 4.31 Å². The van der Waals surface area contributed by atoms with Crippen molar-refractivity contribution in [1.82, 2.24) is 4.31 Å². The number of nitrogens with zero attached hydrogens (tertiary/aromatic N) is 2. The van der Waals surface area contributed by atoms with Crippen LogP contribution in [0.15, 0.2) is 52.7 Å². The van der Waals surface area contributed by atoms with E-state index in [4.69, 9.17) is 33.7 Å². The molecule has 0 saturated heterocycles. The summed E-state index contributed by atoms with van der Waals surface area (Å²) in [5.41, 5.74) is 7.12. The van der Waals surface area contributed by atoms with Crippen LogP contribution in [0, 0.1) is 0 Å². The number of rotatable bonds is 5. The highest BCUT2D eigenvalue weighted by Crippen LogP contribution is 2.36. The number of anilines is 2. The van der Waals surface area contributed by atoms with Crippen molar-refractivity contribution < 1.29 is 17.9 Å². The molecule has 0 atom stereocenters. The highest BCUT2D eigenvalue weighted by molar-refractivity contribution is 7.89. The Morgan fingerprint density at radius 2 is 1.94 bits per heavy atom. The lowest BCUT2D eigenvalue weighted by Gasteiger charge is -2.29. The molecule has 1 aliphatic heterocycles. The lowest BCUT2D eigenvalue weighted by atomic mass is 10.2. The molecule has 2 aromatic carbocycles. The molecule has 0 spiro atoms. The van der Waals surface area contributed by atoms with E-state index in [1.54, 1.807) is 16.3 Å². The first-order valence-corrected chi connectivity index (χ1v) is 12.6. The highest BCUT2D eigenvalue weighted by atomic mass is 35.5. The summed E-state index contributed by atoms with van der Waals surface area (Å²) in [4.78, 5) is 15.1. The Kier molecular flexibility index (Phi) is 6.37. The predicted octanol–water partition coefficient (Wildman–Crippen LogP) is 4.50. The van der Waals surface area contributed by atoms with Gasteiger partial charge in [-0.3, -0.25) is 4.79 Å². The summed E-state index contributed by atoms with van der Waals surface area (Å²) in [6, 6.07) is 11.7. The number of amides is 1. The van der Waals surface area contributed by atoms with Crippen molar-refractivity contribution in [1.29, 1.82) is 0 Å². The number of nitrogens with two attached hydrogens (primary N) is 1. The van der Waals surface area contributed by atoms with Gasteiger partial charge >= 0.3 is 0 Å². The Balaban J connectivity index is 1.59. The van der Waals surface area contributed by atoms with Gasteiger partial charge in [0.15, 0.2) is 0 Å². The Labute approximate surface area is 200 Å². The molecule has 1 amide bonds. The van der Waals surface area contributed by atoms with Gasteiger partial charge in [0.05, 0.1) is 28.0 Å². The zero-order valence-electron chi connectivity index (χ0n) is 16.9. The topological polar surface area (TPSA) is 92.9 Å². The molecule has 2 heterocycles. The van der Waals surface area contributed by atoms with E-state index in [0.717, 1.165) is 4.31 Å². The van der Waals surface area contributed by atoms with Crippen LogP contribution in [0.4, 0.5) is 11.4 Å². The van der Waals surface area contributed by atoms with Crippen LogP contribution in [-0.2, 0) is 16.6 Å². The summed E-state index contributed by atoms with van der Waals surface area (Å²) in [5, 5.41) is 1.89. The van der Waals surface area contributed by atoms with Crippen LogP contribution >= 0.6 is 34.5 Å². The Hall–Kier alpha value is -2.30. The fourth-order valence-corrected chi connectivity index (χ4v) is 6.30. The van der Waals surface area contributed by atoms with Crippen molar-refractivity contribution >= 4 is 61.8 Å². The molecule has 1 aliphatic rings. The third kappa shape index (κ3) is 4.06. The fraction of sp³-hybridized carbons (Fsp3) is 0.190. The van der Waals surface area contributed by atoms with Crippen molar-refractivity contribution in [2.24, 2.45) is 0 Å². The zero-order chi connectivity index (χ0) is 23.0. The minimum Gasteiger partial charge on any atom is -0.490 e. The normalized spacial score (nSPS) is 13.7. The Morgan fingerprint density at radius 1 is 1.19 bits per heavy atom. The molecule has 0 aliphatic carbocycles. The lowest BCUT2D eigenvalue weighted by Crippen LogP contribution is -2.37.